The third-order valence-corrected chi connectivity index (χ3v) is 2.59. The molecular formula is C11H7BrN2. The average Bonchev–Trinajstić information content (AvgIpc) is 2.57. The number of aromatic nitrogens is 2. The first-order valence-corrected chi connectivity index (χ1v) is 4.83. The molecular weight excluding hydrogens is 240 g/mol. The maximum atomic E-state index is 5.35. The third-order valence-electron chi connectivity index (χ3n) is 1.97. The van der Waals surface area contributed by atoms with Crippen molar-refractivity contribution in [2.75, 3.05) is 0 Å². The van der Waals surface area contributed by atoms with E-state index in [1.807, 2.05) is 22.7 Å². The largest absolute Gasteiger partial charge is 0.298 e. The van der Waals surface area contributed by atoms with E-state index >= 15 is 0 Å². The summed E-state index contributed by atoms with van der Waals surface area (Å²) in [5.74, 6) is 2.54. The fourth-order valence-electron chi connectivity index (χ4n) is 1.35. The molecule has 0 spiro atoms. The molecule has 0 atom stereocenters. The minimum Gasteiger partial charge on any atom is -0.298 e. The number of terminal acetylenes is 1. The van der Waals surface area contributed by atoms with Crippen molar-refractivity contribution in [3.63, 3.8) is 0 Å². The van der Waals surface area contributed by atoms with Gasteiger partial charge in [-0.2, -0.15) is 0 Å². The molecule has 2 nitrogen and oxygen atoms in total. The number of rotatable bonds is 1. The maximum Gasteiger partial charge on any atom is 0.153 e. The molecule has 0 aliphatic carbocycles. The van der Waals surface area contributed by atoms with E-state index < -0.39 is 0 Å². The lowest BCUT2D eigenvalue weighted by atomic mass is 10.3. The van der Waals surface area contributed by atoms with Crippen molar-refractivity contribution in [2.45, 2.75) is 0 Å². The number of nitrogens with zero attached hydrogens (tertiary/aromatic N) is 2. The highest BCUT2D eigenvalue weighted by atomic mass is 79.9. The van der Waals surface area contributed by atoms with Crippen LogP contribution < -0.4 is 0 Å². The molecule has 0 unspecified atom stereocenters. The number of fused-ring (bicyclic) bond motifs is 1. The number of pyridine rings is 1. The molecule has 68 valence electrons. The summed E-state index contributed by atoms with van der Waals surface area (Å²) in [6.45, 7) is 3.72. The first kappa shape index (κ1) is 9.04. The average molecular weight is 247 g/mol. The summed E-state index contributed by atoms with van der Waals surface area (Å²) < 4.78 is 2.83. The van der Waals surface area contributed by atoms with Crippen LogP contribution >= 0.6 is 15.9 Å². The van der Waals surface area contributed by atoms with Crippen LogP contribution in [0.2, 0.25) is 0 Å². The molecule has 0 radical (unpaired) electrons. The summed E-state index contributed by atoms with van der Waals surface area (Å²) in [7, 11) is 0. The van der Waals surface area contributed by atoms with Gasteiger partial charge in [0.05, 0.1) is 10.2 Å². The van der Waals surface area contributed by atoms with Crippen LogP contribution in [0.15, 0.2) is 29.4 Å². The molecule has 2 aromatic heterocycles. The summed E-state index contributed by atoms with van der Waals surface area (Å²) >= 11 is 3.42. The quantitative estimate of drug-likeness (QED) is 0.708. The minimum absolute atomic E-state index is 0.618. The predicted molar refractivity (Wildman–Crippen MR) is 60.9 cm³/mol. The molecule has 2 heterocycles. The van der Waals surface area contributed by atoms with Crippen molar-refractivity contribution in [1.82, 2.24) is 9.38 Å². The molecule has 2 rings (SSSR count). The summed E-state index contributed by atoms with van der Waals surface area (Å²) in [6.07, 6.45) is 8.97. The Hall–Kier alpha value is -1.53. The fourth-order valence-corrected chi connectivity index (χ4v) is 1.79. The van der Waals surface area contributed by atoms with Crippen molar-refractivity contribution >= 4 is 27.7 Å². The van der Waals surface area contributed by atoms with E-state index in [2.05, 4.69) is 33.4 Å². The molecule has 0 fully saturated rings. The Labute approximate surface area is 90.4 Å². The Morgan fingerprint density at radius 3 is 3.07 bits per heavy atom. The molecule has 0 saturated heterocycles. The van der Waals surface area contributed by atoms with Crippen LogP contribution in [0.4, 0.5) is 0 Å². The molecule has 0 aliphatic heterocycles. The van der Waals surface area contributed by atoms with Crippen LogP contribution in [0.25, 0.3) is 11.7 Å². The number of hydrogen-bond acceptors (Lipinski definition) is 1. The molecule has 2 aromatic rings. The van der Waals surface area contributed by atoms with Crippen LogP contribution in [0.3, 0.4) is 0 Å². The van der Waals surface area contributed by atoms with Crippen LogP contribution in [0.5, 0.6) is 0 Å². The summed E-state index contributed by atoms with van der Waals surface area (Å²) in [4.78, 5) is 4.31. The predicted octanol–water partition coefficient (Wildman–Crippen LogP) is 2.72. The first-order valence-electron chi connectivity index (χ1n) is 4.03. The Morgan fingerprint density at radius 1 is 1.64 bits per heavy atom. The zero-order valence-electron chi connectivity index (χ0n) is 7.37. The standard InChI is InChI=1S/C11H7BrN2/c1-3-9-10(4-2)14-7-5-6-8(12)11(14)13-9/h1,4-7H,2H2. The normalized spacial score (nSPS) is 10.0. The molecule has 14 heavy (non-hydrogen) atoms. The van der Waals surface area contributed by atoms with Crippen LogP contribution in [0.1, 0.15) is 11.4 Å². The van der Waals surface area contributed by atoms with Gasteiger partial charge in [0.15, 0.2) is 5.65 Å². The van der Waals surface area contributed by atoms with Gasteiger partial charge in [-0.05, 0) is 40.1 Å². The summed E-state index contributed by atoms with van der Waals surface area (Å²) in [5, 5.41) is 0. The Bertz CT molecular complexity index is 546. The van der Waals surface area contributed by atoms with Crippen molar-refractivity contribution in [3.05, 3.63) is 40.8 Å². The van der Waals surface area contributed by atoms with Gasteiger partial charge in [-0.25, -0.2) is 4.98 Å². The van der Waals surface area contributed by atoms with Crippen molar-refractivity contribution in [1.29, 1.82) is 0 Å². The second kappa shape index (κ2) is 3.32. The molecule has 0 aromatic carbocycles. The number of imidazole rings is 1. The molecule has 0 aliphatic rings. The second-order valence-electron chi connectivity index (χ2n) is 2.74. The monoisotopic (exact) mass is 246 g/mol. The van der Waals surface area contributed by atoms with E-state index in [1.54, 1.807) is 6.08 Å². The van der Waals surface area contributed by atoms with Crippen LogP contribution in [-0.4, -0.2) is 9.38 Å². The Morgan fingerprint density at radius 2 is 2.43 bits per heavy atom. The van der Waals surface area contributed by atoms with Gasteiger partial charge in [0, 0.05) is 6.20 Å². The third kappa shape index (κ3) is 1.16. The Kier molecular flexibility index (Phi) is 2.14. The second-order valence-corrected chi connectivity index (χ2v) is 3.60. The van der Waals surface area contributed by atoms with Crippen molar-refractivity contribution in [2.24, 2.45) is 0 Å². The van der Waals surface area contributed by atoms with Crippen molar-refractivity contribution in [3.8, 4) is 12.3 Å². The topological polar surface area (TPSA) is 17.3 Å². The highest BCUT2D eigenvalue weighted by Gasteiger charge is 2.08. The van der Waals surface area contributed by atoms with Gasteiger partial charge >= 0.3 is 0 Å². The number of halogens is 1. The molecule has 0 amide bonds. The minimum atomic E-state index is 0.618. The van der Waals surface area contributed by atoms with Gasteiger partial charge in [0.1, 0.15) is 5.69 Å². The van der Waals surface area contributed by atoms with Crippen molar-refractivity contribution < 1.29 is 0 Å². The van der Waals surface area contributed by atoms with Gasteiger partial charge in [-0.1, -0.05) is 6.58 Å². The lowest BCUT2D eigenvalue weighted by Crippen LogP contribution is -1.87. The smallest absolute Gasteiger partial charge is 0.153 e. The van der Waals surface area contributed by atoms with E-state index in [0.717, 1.165) is 15.8 Å². The van der Waals surface area contributed by atoms with Gasteiger partial charge in [-0.15, -0.1) is 6.42 Å². The van der Waals surface area contributed by atoms with E-state index in [9.17, 15) is 0 Å². The van der Waals surface area contributed by atoms with E-state index in [4.69, 9.17) is 6.42 Å². The lowest BCUT2D eigenvalue weighted by molar-refractivity contribution is 1.16. The van der Waals surface area contributed by atoms with E-state index in [0.29, 0.717) is 5.69 Å². The molecule has 0 saturated carbocycles. The molecule has 3 heteroatoms. The highest BCUT2D eigenvalue weighted by Crippen LogP contribution is 2.20. The van der Waals surface area contributed by atoms with Crippen LogP contribution in [0, 0.1) is 12.3 Å². The van der Waals surface area contributed by atoms with Gasteiger partial charge in [0.25, 0.3) is 0 Å². The zero-order chi connectivity index (χ0) is 10.1. The Balaban J connectivity index is 2.95. The number of hydrogen-bond donors (Lipinski definition) is 0. The van der Waals surface area contributed by atoms with Gasteiger partial charge < -0.3 is 0 Å². The van der Waals surface area contributed by atoms with E-state index in [1.165, 1.54) is 0 Å². The van der Waals surface area contributed by atoms with Crippen LogP contribution in [-0.2, 0) is 0 Å². The fraction of sp³-hybridized carbons (Fsp3) is 0. The molecule has 0 bridgehead atoms. The SMILES string of the molecule is C#Cc1nc2c(Br)cccn2c1C=C. The first-order chi connectivity index (χ1) is 6.77. The highest BCUT2D eigenvalue weighted by molar-refractivity contribution is 9.10. The maximum absolute atomic E-state index is 5.35. The zero-order valence-corrected chi connectivity index (χ0v) is 8.95. The lowest BCUT2D eigenvalue weighted by Gasteiger charge is -1.96. The summed E-state index contributed by atoms with van der Waals surface area (Å²) in [5.41, 5.74) is 2.28. The van der Waals surface area contributed by atoms with Gasteiger partial charge in [0.2, 0.25) is 0 Å². The molecule has 0 N–H and O–H groups in total. The van der Waals surface area contributed by atoms with E-state index in [-0.39, 0.29) is 0 Å². The van der Waals surface area contributed by atoms with Gasteiger partial charge in [-0.3, -0.25) is 4.40 Å². The summed E-state index contributed by atoms with van der Waals surface area (Å²) in [6, 6.07) is 3.85.